The molecule has 0 aliphatic carbocycles. The van der Waals surface area contributed by atoms with Gasteiger partial charge in [0.05, 0.1) is 36.3 Å². The van der Waals surface area contributed by atoms with Gasteiger partial charge < -0.3 is 138 Å². The van der Waals surface area contributed by atoms with Crippen LogP contribution in [0.3, 0.4) is 0 Å². The molecule has 7 aliphatic heterocycles. The summed E-state index contributed by atoms with van der Waals surface area (Å²) >= 11 is 13.3. The number of carboxylic acids is 2. The molecule has 19 atom stereocenters. The predicted molar refractivity (Wildman–Crippen MR) is 433 cm³/mol. The Hall–Kier alpha value is -11.8. The maximum absolute atomic E-state index is 16.3. The third-order valence-electron chi connectivity index (χ3n) is 21.8. The van der Waals surface area contributed by atoms with Crippen LogP contribution in [-0.2, 0) is 68.7 Å². The minimum Gasteiger partial charge on any atom is -0.508 e. The number of aromatic hydroxyl groups is 3. The summed E-state index contributed by atoms with van der Waals surface area (Å²) in [6, 6.07) is 13.1. The molecule has 0 aromatic heterocycles. The van der Waals surface area contributed by atoms with Crippen LogP contribution in [0.5, 0.6) is 46.0 Å². The van der Waals surface area contributed by atoms with Crippen molar-refractivity contribution in [3.8, 4) is 68.2 Å². The van der Waals surface area contributed by atoms with Crippen molar-refractivity contribution in [1.82, 2.24) is 47.9 Å². The molecule has 7 aliphatic rings. The first-order valence-corrected chi connectivity index (χ1v) is 39.7. The molecule has 123 heavy (non-hydrogen) atoms. The number of ether oxygens (including phenoxy) is 6. The third-order valence-corrected chi connectivity index (χ3v) is 22.3. The Balaban J connectivity index is 1.03. The van der Waals surface area contributed by atoms with E-state index < -0.39 is 263 Å². The number of carbonyl (C=O) groups is 10. The van der Waals surface area contributed by atoms with Crippen LogP contribution in [0.4, 0.5) is 0 Å². The van der Waals surface area contributed by atoms with Crippen molar-refractivity contribution in [2.75, 3.05) is 13.7 Å². The van der Waals surface area contributed by atoms with Crippen LogP contribution in [0.1, 0.15) is 124 Å². The standard InChI is InChI=1S/C84H92Cl2N10O27/c1-35(2)24-51(88-5)75(109)95-67-69(105)42-15-22-55(49(86)26-42)120-57-28-43-27-56(72(57)123-83-73(71(107)70(106)58(34-97)121-83)122-61-32-84(4,74(108)36(3)118-61)89-33-37-6-8-38(9-7-37)39-10-16-44(85)17-11-39)119-46-18-12-40(13-19-46)68(104)66-81(115)94-65(79(113)90-50(82(116)117)20-23-60(102)103)48-29-45(98)30-54(100)62(48)47-25-41(14-21-53(47)99)63(77(111)96-66)93-78(112)64(43)92-76(110)52(31-59(87)101)91-80(67)114/h6-19,21-22,25-30,35-36,50-52,58,61,63-71,73-74,83,88-89,97-100,104-108H,20,23-24,31-34H2,1-5H3,(H2,87,101)(H,90,113)(H,91,114)(H,92,110)(H,93,112)(H,94,115)(H,95,109)(H,96,111)(H,102,103)(H,116,117)/t36-,50?,51-,52-,58+,61-,63?,64+,65-,66-,67?,68+,69+,70+,71-,73+,74+,83-,84-/m0/s1. The number of primary amides is 1. The highest BCUT2D eigenvalue weighted by atomic mass is 35.5. The summed E-state index contributed by atoms with van der Waals surface area (Å²) in [6.07, 6.45) is -20.4. The summed E-state index contributed by atoms with van der Waals surface area (Å²) in [6.45, 7) is 6.09. The molecule has 14 rings (SSSR count). The van der Waals surface area contributed by atoms with E-state index in [9.17, 15) is 80.1 Å². The largest absolute Gasteiger partial charge is 0.508 e. The summed E-state index contributed by atoms with van der Waals surface area (Å²) in [4.78, 5) is 145. The average Bonchev–Trinajstić information content (AvgIpc) is 0.754. The number of nitrogens with one attached hydrogen (secondary N) is 9. The lowest BCUT2D eigenvalue weighted by Crippen LogP contribution is -2.65. The van der Waals surface area contributed by atoms with Crippen molar-refractivity contribution < 1.29 is 133 Å². The van der Waals surface area contributed by atoms with E-state index in [0.29, 0.717) is 5.02 Å². The number of aliphatic hydroxyl groups is 6. The SMILES string of the molecule is CN[C@@H](CC(C)C)C(=O)NC1C(=O)N[C@@H](CC(N)=O)C(=O)N[C@H]2C(=O)NC3C(=O)N[C@H](C(=O)N[C@H](C(=O)NC(CCC(=O)O)C(=O)O)c4cc(O)cc(O)c4-c4cc3ccc4O)[C@H](O)c3ccc(cc3)Oc3cc2cc(c3O[C@@H]2O[C@H](CO)[C@@H](O)[C@H](O)[C@H]2O[C@H]2C[C@](C)(NCc3ccc(-c4ccc(Cl)cc4)cc3)[C@H](O)[C@H](C)O2)Oc2ccc(cc2Cl)[C@H]1O. The van der Waals surface area contributed by atoms with E-state index in [1.54, 1.807) is 26.0 Å². The van der Waals surface area contributed by atoms with Crippen molar-refractivity contribution >= 4 is 82.4 Å². The highest BCUT2D eigenvalue weighted by Gasteiger charge is 2.52. The number of fused-ring (bicyclic) bond motifs is 15. The van der Waals surface area contributed by atoms with E-state index in [1.165, 1.54) is 43.4 Å². The Morgan fingerprint density at radius 3 is 1.95 bits per heavy atom. The molecule has 0 spiro atoms. The Labute approximate surface area is 711 Å². The molecule has 0 radical (unpaired) electrons. The molecule has 0 saturated carbocycles. The second-order valence-electron chi connectivity index (χ2n) is 31.1. The van der Waals surface area contributed by atoms with Crippen LogP contribution >= 0.6 is 23.2 Å². The number of phenols is 3. The van der Waals surface area contributed by atoms with Crippen LogP contribution in [-0.4, -0.2) is 214 Å². The van der Waals surface area contributed by atoms with Gasteiger partial charge in [-0.1, -0.05) is 97.7 Å². The lowest BCUT2D eigenvalue weighted by atomic mass is 9.84. The molecule has 7 heterocycles. The summed E-state index contributed by atoms with van der Waals surface area (Å²) in [5.74, 6) is -19.2. The molecular weight excluding hydrogens is 1650 g/mol. The Morgan fingerprint density at radius 2 is 1.31 bits per heavy atom. The molecule has 7 aromatic rings. The van der Waals surface area contributed by atoms with Crippen molar-refractivity contribution in [2.45, 2.75) is 182 Å². The summed E-state index contributed by atoms with van der Waals surface area (Å²) in [7, 11) is 1.47. The maximum Gasteiger partial charge on any atom is 0.326 e. The number of aliphatic carboxylic acids is 2. The number of likely N-dealkylation sites (N-methyl/N-ethyl adjacent to an activating group) is 1. The average molecular weight is 1740 g/mol. The number of halogens is 2. The third kappa shape index (κ3) is 20.6. The molecule has 2 saturated heterocycles. The summed E-state index contributed by atoms with van der Waals surface area (Å²) in [5.41, 5.74) is 4.07. The smallest absolute Gasteiger partial charge is 0.326 e. The van der Waals surface area contributed by atoms with Crippen LogP contribution in [0.2, 0.25) is 10.0 Å². The number of benzene rings is 7. The number of rotatable bonds is 22. The molecule has 22 N–H and O–H groups in total. The van der Waals surface area contributed by atoms with Crippen LogP contribution < -0.4 is 67.8 Å². The molecule has 39 heteroatoms. The minimum absolute atomic E-state index is 0.123. The number of hydrogen-bond donors (Lipinski definition) is 21. The van der Waals surface area contributed by atoms with E-state index in [0.717, 1.165) is 65.2 Å². The fourth-order valence-electron chi connectivity index (χ4n) is 15.2. The van der Waals surface area contributed by atoms with E-state index in [4.69, 9.17) is 57.4 Å². The summed E-state index contributed by atoms with van der Waals surface area (Å²) < 4.78 is 39.5. The first-order chi connectivity index (χ1) is 58.4. The topological polar surface area (TPSA) is 583 Å². The van der Waals surface area contributed by atoms with E-state index >= 15 is 24.0 Å². The molecular formula is C84H92Cl2N10O27. The molecule has 654 valence electrons. The quantitative estimate of drug-likeness (QED) is 0.0464. The van der Waals surface area contributed by atoms with E-state index in [-0.39, 0.29) is 53.0 Å². The van der Waals surface area contributed by atoms with Gasteiger partial charge in [-0.05, 0) is 151 Å². The lowest BCUT2D eigenvalue weighted by Gasteiger charge is -2.48. The number of nitrogens with two attached hydrogens (primary N) is 1. The Kier molecular flexibility index (Phi) is 28.2. The van der Waals surface area contributed by atoms with Crippen LogP contribution in [0.15, 0.2) is 133 Å². The summed E-state index contributed by atoms with van der Waals surface area (Å²) in [5, 5.41) is 150. The van der Waals surface area contributed by atoms with Crippen molar-refractivity contribution in [1.29, 1.82) is 0 Å². The number of hydrogen-bond acceptors (Lipinski definition) is 27. The van der Waals surface area contributed by atoms with Gasteiger partial charge in [0.2, 0.25) is 59.3 Å². The fourth-order valence-corrected chi connectivity index (χ4v) is 15.5. The van der Waals surface area contributed by atoms with Gasteiger partial charge in [-0.2, -0.15) is 0 Å². The molecule has 2 fully saturated rings. The zero-order valence-electron chi connectivity index (χ0n) is 66.4. The molecule has 37 nitrogen and oxygen atoms in total. The van der Waals surface area contributed by atoms with Gasteiger partial charge in [-0.25, -0.2) is 4.79 Å². The highest BCUT2D eigenvalue weighted by Crippen LogP contribution is 2.50. The number of carbonyl (C=O) groups excluding carboxylic acids is 8. The monoisotopic (exact) mass is 1740 g/mol. The maximum atomic E-state index is 16.3. The van der Waals surface area contributed by atoms with Crippen molar-refractivity contribution in [2.24, 2.45) is 11.7 Å². The van der Waals surface area contributed by atoms with Gasteiger partial charge in [-0.3, -0.25) is 43.2 Å². The van der Waals surface area contributed by atoms with Gasteiger partial charge in [0.15, 0.2) is 23.9 Å². The molecule has 8 amide bonds. The van der Waals surface area contributed by atoms with Crippen molar-refractivity contribution in [3.63, 3.8) is 0 Å². The molecule has 11 bridgehead atoms. The molecule has 3 unspecified atom stereocenters. The minimum atomic E-state index is -2.39. The van der Waals surface area contributed by atoms with E-state index in [1.807, 2.05) is 50.2 Å². The van der Waals surface area contributed by atoms with Gasteiger partial charge in [-0.15, -0.1) is 0 Å². The Bertz CT molecular complexity index is 5170. The zero-order chi connectivity index (χ0) is 88.9. The zero-order valence-corrected chi connectivity index (χ0v) is 67.9. The predicted octanol–water partition coefficient (Wildman–Crippen LogP) is 2.95. The normalized spacial score (nSPS) is 26.4. The van der Waals surface area contributed by atoms with Gasteiger partial charge >= 0.3 is 11.9 Å². The first kappa shape index (κ1) is 90.4. The number of carboxylic acid groups (broad SMARTS) is 2. The number of aliphatic hydroxyl groups excluding tert-OH is 6. The van der Waals surface area contributed by atoms with Crippen molar-refractivity contribution in [3.05, 3.63) is 177 Å². The first-order valence-electron chi connectivity index (χ1n) is 39.0. The highest BCUT2D eigenvalue weighted by molar-refractivity contribution is 6.32. The number of phenolic OH excluding ortho intramolecular Hbond substituents is 3. The van der Waals surface area contributed by atoms with Gasteiger partial charge in [0.25, 0.3) is 0 Å². The fraction of sp³-hybridized carbons (Fsp3) is 0.381. The second-order valence-corrected chi connectivity index (χ2v) is 31.9. The van der Waals surface area contributed by atoms with Crippen LogP contribution in [0, 0.1) is 5.92 Å². The van der Waals surface area contributed by atoms with Gasteiger partial charge in [0.1, 0.15) is 102 Å². The second kappa shape index (κ2) is 38.3. The van der Waals surface area contributed by atoms with E-state index in [2.05, 4.69) is 47.9 Å². The molecule has 7 aromatic carbocycles. The number of amides is 8. The Morgan fingerprint density at radius 1 is 0.667 bits per heavy atom. The van der Waals surface area contributed by atoms with Gasteiger partial charge in [0, 0.05) is 47.1 Å². The van der Waals surface area contributed by atoms with Crippen LogP contribution in [0.25, 0.3) is 22.3 Å². The lowest BCUT2D eigenvalue weighted by molar-refractivity contribution is -0.334.